The molecule has 19 heavy (non-hydrogen) atoms. The van der Waals surface area contributed by atoms with Crippen molar-refractivity contribution in [2.24, 2.45) is 0 Å². The van der Waals surface area contributed by atoms with Gasteiger partial charge in [0.1, 0.15) is 11.4 Å². The summed E-state index contributed by atoms with van der Waals surface area (Å²) in [5.41, 5.74) is 0.470. The van der Waals surface area contributed by atoms with Crippen molar-refractivity contribution in [3.05, 3.63) is 35.6 Å². The van der Waals surface area contributed by atoms with Gasteiger partial charge in [0.15, 0.2) is 0 Å². The molecule has 1 aliphatic heterocycles. The highest BCUT2D eigenvalue weighted by Crippen LogP contribution is 2.33. The summed E-state index contributed by atoms with van der Waals surface area (Å²) >= 11 is 0. The number of nitrogens with zero attached hydrogens (tertiary/aromatic N) is 1. The van der Waals surface area contributed by atoms with Crippen LogP contribution in [0.3, 0.4) is 0 Å². The topological polar surface area (TPSA) is 29.5 Å². The molecule has 3 nitrogen and oxygen atoms in total. The standard InChI is InChI=1S/C15H20FNO2/c1-15(2,3)19-14(18)17-10-4-5-13(17)11-6-8-12(16)9-7-11/h6-9,13H,4-5,10H2,1-3H3. The van der Waals surface area contributed by atoms with Gasteiger partial charge in [-0.1, -0.05) is 12.1 Å². The third kappa shape index (κ3) is 3.46. The molecular formula is C15H20FNO2. The SMILES string of the molecule is CC(C)(C)OC(=O)N1CCCC1c1ccc(F)cc1. The minimum Gasteiger partial charge on any atom is -0.444 e. The summed E-state index contributed by atoms with van der Waals surface area (Å²) in [6, 6.07) is 6.34. The number of rotatable bonds is 1. The summed E-state index contributed by atoms with van der Waals surface area (Å²) in [6.07, 6.45) is 1.55. The Morgan fingerprint density at radius 3 is 2.53 bits per heavy atom. The minimum atomic E-state index is -0.493. The van der Waals surface area contributed by atoms with E-state index in [1.165, 1.54) is 12.1 Å². The lowest BCUT2D eigenvalue weighted by Gasteiger charge is -2.28. The highest BCUT2D eigenvalue weighted by molar-refractivity contribution is 5.69. The predicted octanol–water partition coefficient (Wildman–Crippen LogP) is 3.90. The summed E-state index contributed by atoms with van der Waals surface area (Å²) < 4.78 is 18.4. The van der Waals surface area contributed by atoms with Crippen molar-refractivity contribution in [1.29, 1.82) is 0 Å². The van der Waals surface area contributed by atoms with E-state index in [-0.39, 0.29) is 18.0 Å². The zero-order valence-electron chi connectivity index (χ0n) is 11.6. The van der Waals surface area contributed by atoms with E-state index < -0.39 is 5.60 Å². The van der Waals surface area contributed by atoms with Crippen LogP contribution in [0.4, 0.5) is 9.18 Å². The molecule has 1 aromatic rings. The van der Waals surface area contributed by atoms with Crippen LogP contribution in [-0.2, 0) is 4.74 Å². The van der Waals surface area contributed by atoms with Crippen molar-refractivity contribution < 1.29 is 13.9 Å². The van der Waals surface area contributed by atoms with E-state index in [1.807, 2.05) is 20.8 Å². The number of likely N-dealkylation sites (tertiary alicyclic amines) is 1. The van der Waals surface area contributed by atoms with E-state index in [0.29, 0.717) is 6.54 Å². The molecule has 0 radical (unpaired) electrons. The number of amides is 1. The Balaban J connectivity index is 2.12. The van der Waals surface area contributed by atoms with Gasteiger partial charge in [-0.25, -0.2) is 9.18 Å². The first-order valence-electron chi connectivity index (χ1n) is 6.62. The second kappa shape index (κ2) is 5.19. The molecule has 0 bridgehead atoms. The fourth-order valence-corrected chi connectivity index (χ4v) is 2.34. The molecular weight excluding hydrogens is 245 g/mol. The summed E-state index contributed by atoms with van der Waals surface area (Å²) in [6.45, 7) is 6.26. The van der Waals surface area contributed by atoms with Crippen LogP contribution in [0, 0.1) is 5.82 Å². The quantitative estimate of drug-likeness (QED) is 0.770. The van der Waals surface area contributed by atoms with Gasteiger partial charge in [-0.05, 0) is 51.3 Å². The molecule has 2 rings (SSSR count). The molecule has 0 aromatic heterocycles. The molecule has 1 unspecified atom stereocenters. The summed E-state index contributed by atoms with van der Waals surface area (Å²) in [5.74, 6) is -0.259. The van der Waals surface area contributed by atoms with Crippen molar-refractivity contribution in [2.45, 2.75) is 45.3 Å². The van der Waals surface area contributed by atoms with Crippen LogP contribution in [-0.4, -0.2) is 23.1 Å². The molecule has 1 aromatic carbocycles. The molecule has 0 N–H and O–H groups in total. The number of ether oxygens (including phenoxy) is 1. The predicted molar refractivity (Wildman–Crippen MR) is 71.3 cm³/mol. The van der Waals surface area contributed by atoms with Gasteiger partial charge in [-0.2, -0.15) is 0 Å². The number of carbonyl (C=O) groups is 1. The summed E-state index contributed by atoms with van der Waals surface area (Å²) in [4.78, 5) is 13.9. The Hall–Kier alpha value is -1.58. The Morgan fingerprint density at radius 1 is 1.32 bits per heavy atom. The van der Waals surface area contributed by atoms with Crippen LogP contribution in [0.5, 0.6) is 0 Å². The van der Waals surface area contributed by atoms with E-state index >= 15 is 0 Å². The van der Waals surface area contributed by atoms with Crippen LogP contribution >= 0.6 is 0 Å². The molecule has 104 valence electrons. The maximum Gasteiger partial charge on any atom is 0.410 e. The fourth-order valence-electron chi connectivity index (χ4n) is 2.34. The van der Waals surface area contributed by atoms with Crippen LogP contribution in [0.1, 0.15) is 45.2 Å². The Morgan fingerprint density at radius 2 is 1.95 bits per heavy atom. The number of hydrogen-bond acceptors (Lipinski definition) is 2. The average molecular weight is 265 g/mol. The van der Waals surface area contributed by atoms with E-state index in [4.69, 9.17) is 4.74 Å². The second-order valence-electron chi connectivity index (χ2n) is 5.88. The highest BCUT2D eigenvalue weighted by atomic mass is 19.1. The first-order valence-corrected chi connectivity index (χ1v) is 6.62. The molecule has 4 heteroatoms. The smallest absolute Gasteiger partial charge is 0.410 e. The van der Waals surface area contributed by atoms with Gasteiger partial charge in [-0.3, -0.25) is 0 Å². The van der Waals surface area contributed by atoms with Crippen molar-refractivity contribution in [1.82, 2.24) is 4.90 Å². The fraction of sp³-hybridized carbons (Fsp3) is 0.533. The van der Waals surface area contributed by atoms with Crippen LogP contribution < -0.4 is 0 Å². The zero-order chi connectivity index (χ0) is 14.0. The van der Waals surface area contributed by atoms with Crippen LogP contribution in [0.25, 0.3) is 0 Å². The molecule has 1 atom stereocenters. The normalized spacial score (nSPS) is 19.6. The summed E-state index contributed by atoms with van der Waals surface area (Å²) in [5, 5.41) is 0. The molecule has 1 saturated heterocycles. The molecule has 0 spiro atoms. The number of hydrogen-bond donors (Lipinski definition) is 0. The maximum atomic E-state index is 12.9. The third-order valence-corrected chi connectivity index (χ3v) is 3.14. The van der Waals surface area contributed by atoms with Gasteiger partial charge >= 0.3 is 6.09 Å². The zero-order valence-corrected chi connectivity index (χ0v) is 11.6. The first kappa shape index (κ1) is 13.8. The Kier molecular flexibility index (Phi) is 3.78. The second-order valence-corrected chi connectivity index (χ2v) is 5.88. The average Bonchev–Trinajstić information content (AvgIpc) is 2.76. The molecule has 1 heterocycles. The first-order chi connectivity index (χ1) is 8.87. The monoisotopic (exact) mass is 265 g/mol. The van der Waals surface area contributed by atoms with Gasteiger partial charge < -0.3 is 9.64 Å². The number of halogens is 1. The van der Waals surface area contributed by atoms with Crippen molar-refractivity contribution >= 4 is 6.09 Å². The van der Waals surface area contributed by atoms with E-state index in [9.17, 15) is 9.18 Å². The molecule has 1 amide bonds. The van der Waals surface area contributed by atoms with Crippen molar-refractivity contribution in [3.8, 4) is 0 Å². The Bertz CT molecular complexity index is 450. The third-order valence-electron chi connectivity index (χ3n) is 3.14. The maximum absolute atomic E-state index is 12.9. The number of carbonyl (C=O) groups excluding carboxylic acids is 1. The highest BCUT2D eigenvalue weighted by Gasteiger charge is 2.32. The summed E-state index contributed by atoms with van der Waals surface area (Å²) in [7, 11) is 0. The lowest BCUT2D eigenvalue weighted by atomic mass is 10.0. The molecule has 0 saturated carbocycles. The van der Waals surface area contributed by atoms with Crippen LogP contribution in [0.2, 0.25) is 0 Å². The van der Waals surface area contributed by atoms with Crippen molar-refractivity contribution in [2.75, 3.05) is 6.54 Å². The lowest BCUT2D eigenvalue weighted by Crippen LogP contribution is -2.36. The molecule has 1 aliphatic rings. The van der Waals surface area contributed by atoms with E-state index in [2.05, 4.69) is 0 Å². The Labute approximate surface area is 113 Å². The van der Waals surface area contributed by atoms with Gasteiger partial charge in [-0.15, -0.1) is 0 Å². The lowest BCUT2D eigenvalue weighted by molar-refractivity contribution is 0.0224. The minimum absolute atomic E-state index is 0.00421. The van der Waals surface area contributed by atoms with Gasteiger partial charge in [0, 0.05) is 6.54 Å². The number of benzene rings is 1. The van der Waals surface area contributed by atoms with Crippen LogP contribution in [0.15, 0.2) is 24.3 Å². The van der Waals surface area contributed by atoms with E-state index in [1.54, 1.807) is 17.0 Å². The largest absolute Gasteiger partial charge is 0.444 e. The van der Waals surface area contributed by atoms with Gasteiger partial charge in [0.25, 0.3) is 0 Å². The van der Waals surface area contributed by atoms with Crippen molar-refractivity contribution in [3.63, 3.8) is 0 Å². The van der Waals surface area contributed by atoms with Gasteiger partial charge in [0.2, 0.25) is 0 Å². The van der Waals surface area contributed by atoms with Gasteiger partial charge in [0.05, 0.1) is 6.04 Å². The van der Waals surface area contributed by atoms with E-state index in [0.717, 1.165) is 18.4 Å². The molecule has 1 fully saturated rings. The molecule has 0 aliphatic carbocycles.